The van der Waals surface area contributed by atoms with E-state index in [2.05, 4.69) is 66.7 Å². The Morgan fingerprint density at radius 1 is 1.26 bits per heavy atom. The summed E-state index contributed by atoms with van der Waals surface area (Å²) in [6, 6.07) is 9.82. The van der Waals surface area contributed by atoms with Crippen LogP contribution in [0.25, 0.3) is 11.6 Å². The van der Waals surface area contributed by atoms with Crippen molar-refractivity contribution in [2.45, 2.75) is 32.4 Å². The lowest BCUT2D eigenvalue weighted by molar-refractivity contribution is -0.152. The molecule has 0 radical (unpaired) electrons. The molecule has 2 atom stereocenters. The molecule has 1 unspecified atom stereocenters. The van der Waals surface area contributed by atoms with E-state index >= 15 is 0 Å². The Labute approximate surface area is 159 Å². The van der Waals surface area contributed by atoms with Gasteiger partial charge in [0.25, 0.3) is 5.91 Å². The standard InChI is InChI=1S/C22H24N4O/c1-16(2)14-25-20(13-12-17-8-4-3-5-9-17)21(22(25)27)26-15-19(23-24-26)18-10-6-7-11-18/h3-6,8-13,15-16,20-21H,7,14H2,1-2H3/b13-12+/t20-,21?/m1/s1. The van der Waals surface area contributed by atoms with Gasteiger partial charge in [-0.1, -0.05) is 79.8 Å². The Kier molecular flexibility index (Phi) is 4.75. The molecule has 0 bridgehead atoms. The molecule has 0 N–H and O–H groups in total. The zero-order chi connectivity index (χ0) is 18.8. The maximum atomic E-state index is 12.8. The molecule has 0 spiro atoms. The van der Waals surface area contributed by atoms with Crippen LogP contribution in [-0.4, -0.2) is 38.4 Å². The number of β-lactam (4-membered cyclic amide) rings is 1. The van der Waals surface area contributed by atoms with Crippen LogP contribution in [0.2, 0.25) is 0 Å². The molecule has 27 heavy (non-hydrogen) atoms. The van der Waals surface area contributed by atoms with E-state index in [9.17, 15) is 4.79 Å². The van der Waals surface area contributed by atoms with Crippen LogP contribution >= 0.6 is 0 Å². The molecule has 1 aromatic carbocycles. The van der Waals surface area contributed by atoms with Gasteiger partial charge in [0, 0.05) is 6.54 Å². The van der Waals surface area contributed by atoms with Crippen molar-refractivity contribution in [1.82, 2.24) is 19.9 Å². The highest BCUT2D eigenvalue weighted by atomic mass is 16.2. The molecule has 138 valence electrons. The number of allylic oxidation sites excluding steroid dienone is 4. The molecule has 2 heterocycles. The number of nitrogens with zero attached hydrogens (tertiary/aromatic N) is 4. The van der Waals surface area contributed by atoms with Crippen LogP contribution in [0.4, 0.5) is 0 Å². The molecule has 2 aromatic rings. The van der Waals surface area contributed by atoms with E-state index in [1.54, 1.807) is 4.68 Å². The van der Waals surface area contributed by atoms with Crippen LogP contribution in [0.3, 0.4) is 0 Å². The first-order valence-electron chi connectivity index (χ1n) is 9.46. The molecule has 1 fully saturated rings. The van der Waals surface area contributed by atoms with E-state index in [1.165, 1.54) is 0 Å². The Morgan fingerprint density at radius 2 is 2.07 bits per heavy atom. The first-order valence-corrected chi connectivity index (χ1v) is 9.46. The number of likely N-dealkylation sites (tertiary alicyclic amines) is 1. The minimum Gasteiger partial charge on any atom is -0.331 e. The van der Waals surface area contributed by atoms with Crippen molar-refractivity contribution in [3.8, 4) is 0 Å². The summed E-state index contributed by atoms with van der Waals surface area (Å²) in [7, 11) is 0. The van der Waals surface area contributed by atoms with E-state index in [4.69, 9.17) is 0 Å². The number of hydrogen-bond donors (Lipinski definition) is 0. The van der Waals surface area contributed by atoms with Gasteiger partial charge in [0.15, 0.2) is 6.04 Å². The van der Waals surface area contributed by atoms with Crippen LogP contribution in [0.1, 0.15) is 37.6 Å². The number of carbonyl (C=O) groups excluding carboxylic acids is 1. The summed E-state index contributed by atoms with van der Waals surface area (Å²) in [5.74, 6) is 0.529. The largest absolute Gasteiger partial charge is 0.331 e. The van der Waals surface area contributed by atoms with Gasteiger partial charge >= 0.3 is 0 Å². The summed E-state index contributed by atoms with van der Waals surface area (Å²) in [5.41, 5.74) is 3.02. The lowest BCUT2D eigenvalue weighted by Gasteiger charge is -2.46. The fourth-order valence-corrected chi connectivity index (χ4v) is 3.60. The second-order valence-corrected chi connectivity index (χ2v) is 7.47. The SMILES string of the molecule is CC(C)CN1C(=O)C(n2cc(C3=CCC=C3)nn2)[C@H]1/C=C/c1ccccc1. The Bertz CT molecular complexity index is 907. The summed E-state index contributed by atoms with van der Waals surface area (Å²) in [5, 5.41) is 8.54. The predicted octanol–water partition coefficient (Wildman–Crippen LogP) is 3.74. The molecule has 5 nitrogen and oxygen atoms in total. The van der Waals surface area contributed by atoms with E-state index in [0.29, 0.717) is 5.92 Å². The van der Waals surface area contributed by atoms with Gasteiger partial charge in [0.1, 0.15) is 5.69 Å². The van der Waals surface area contributed by atoms with E-state index in [-0.39, 0.29) is 18.0 Å². The molecule has 1 aromatic heterocycles. The van der Waals surface area contributed by atoms with Crippen molar-refractivity contribution in [3.05, 3.63) is 72.1 Å². The molecule has 1 saturated heterocycles. The topological polar surface area (TPSA) is 51.0 Å². The normalized spacial score (nSPS) is 22.0. The third kappa shape index (κ3) is 3.50. The fourth-order valence-electron chi connectivity index (χ4n) is 3.60. The number of hydrogen-bond acceptors (Lipinski definition) is 3. The van der Waals surface area contributed by atoms with Gasteiger partial charge in [0.05, 0.1) is 12.2 Å². The van der Waals surface area contributed by atoms with Crippen molar-refractivity contribution < 1.29 is 4.79 Å². The maximum Gasteiger partial charge on any atom is 0.250 e. The zero-order valence-electron chi connectivity index (χ0n) is 15.7. The number of carbonyl (C=O) groups is 1. The summed E-state index contributed by atoms with van der Waals surface area (Å²) in [4.78, 5) is 14.8. The van der Waals surface area contributed by atoms with Crippen molar-refractivity contribution >= 4 is 17.6 Å². The highest BCUT2D eigenvalue weighted by molar-refractivity contribution is 5.89. The number of aromatic nitrogens is 3. The number of rotatable bonds is 6. The van der Waals surface area contributed by atoms with Crippen molar-refractivity contribution in [2.75, 3.05) is 6.54 Å². The van der Waals surface area contributed by atoms with Gasteiger partial charge in [-0.25, -0.2) is 4.68 Å². The van der Waals surface area contributed by atoms with Gasteiger partial charge < -0.3 is 4.90 Å². The zero-order valence-corrected chi connectivity index (χ0v) is 15.7. The smallest absolute Gasteiger partial charge is 0.250 e. The molecule has 0 saturated carbocycles. The third-order valence-electron chi connectivity index (χ3n) is 4.93. The molecule has 5 heteroatoms. The van der Waals surface area contributed by atoms with Crippen LogP contribution in [0.15, 0.2) is 60.8 Å². The van der Waals surface area contributed by atoms with Crippen LogP contribution in [0.5, 0.6) is 0 Å². The van der Waals surface area contributed by atoms with E-state index < -0.39 is 0 Å². The molecule has 1 aliphatic carbocycles. The first kappa shape index (κ1) is 17.5. The lowest BCUT2D eigenvalue weighted by Crippen LogP contribution is -2.61. The first-order chi connectivity index (χ1) is 13.1. The van der Waals surface area contributed by atoms with Crippen LogP contribution < -0.4 is 0 Å². The number of amides is 1. The summed E-state index contributed by atoms with van der Waals surface area (Å²) < 4.78 is 1.72. The monoisotopic (exact) mass is 360 g/mol. The molecular weight excluding hydrogens is 336 g/mol. The second-order valence-electron chi connectivity index (χ2n) is 7.47. The quantitative estimate of drug-likeness (QED) is 0.738. The van der Waals surface area contributed by atoms with E-state index in [0.717, 1.165) is 29.8 Å². The molecule has 1 aliphatic heterocycles. The fraction of sp³-hybridized carbons (Fsp3) is 0.318. The molecular formula is C22H24N4O. The maximum absolute atomic E-state index is 12.8. The van der Waals surface area contributed by atoms with E-state index in [1.807, 2.05) is 29.3 Å². The average molecular weight is 360 g/mol. The Morgan fingerprint density at radius 3 is 2.78 bits per heavy atom. The van der Waals surface area contributed by atoms with Crippen molar-refractivity contribution in [2.24, 2.45) is 5.92 Å². The van der Waals surface area contributed by atoms with Crippen LogP contribution in [0, 0.1) is 5.92 Å². The Hall–Kier alpha value is -2.95. The molecule has 2 aliphatic rings. The lowest BCUT2D eigenvalue weighted by atomic mass is 9.92. The van der Waals surface area contributed by atoms with Crippen molar-refractivity contribution in [3.63, 3.8) is 0 Å². The predicted molar refractivity (Wildman–Crippen MR) is 107 cm³/mol. The van der Waals surface area contributed by atoms with Gasteiger partial charge in [-0.3, -0.25) is 4.79 Å². The minimum atomic E-state index is -0.323. The third-order valence-corrected chi connectivity index (χ3v) is 4.93. The highest BCUT2D eigenvalue weighted by Gasteiger charge is 2.47. The molecule has 4 rings (SSSR count). The van der Waals surface area contributed by atoms with Gasteiger partial charge in [-0.05, 0) is 23.5 Å². The second kappa shape index (κ2) is 7.35. The van der Waals surface area contributed by atoms with Gasteiger partial charge in [-0.2, -0.15) is 0 Å². The van der Waals surface area contributed by atoms with Crippen molar-refractivity contribution in [1.29, 1.82) is 0 Å². The average Bonchev–Trinajstić information content (AvgIpc) is 3.35. The van der Waals surface area contributed by atoms with Gasteiger partial charge in [-0.15, -0.1) is 5.10 Å². The van der Waals surface area contributed by atoms with Gasteiger partial charge in [0.2, 0.25) is 0 Å². The van der Waals surface area contributed by atoms with Crippen LogP contribution in [-0.2, 0) is 4.79 Å². The molecule has 1 amide bonds. The summed E-state index contributed by atoms with van der Waals surface area (Å²) in [6.07, 6.45) is 13.3. The highest BCUT2D eigenvalue weighted by Crippen LogP contribution is 2.33. The summed E-state index contributed by atoms with van der Waals surface area (Å²) in [6.45, 7) is 5.00. The Balaban J connectivity index is 1.59. The summed E-state index contributed by atoms with van der Waals surface area (Å²) >= 11 is 0. The number of benzene rings is 1. The minimum absolute atomic E-state index is 0.0113.